The molecular formula is C124H176Br2N6O11. The quantitative estimate of drug-likeness (QED) is 0.0188. The third-order valence-corrected chi connectivity index (χ3v) is 33.9. The number of hydrogen-bond acceptors (Lipinski definition) is 10. The Balaban J connectivity index is 0.000000144. The number of ether oxygens (including phenoxy) is 7. The van der Waals surface area contributed by atoms with Gasteiger partial charge >= 0.3 is 11.9 Å². The number of carbonyl (C=O) groups is 2. The van der Waals surface area contributed by atoms with Crippen molar-refractivity contribution in [2.24, 2.45) is 7.05 Å². The standard InChI is InChI=1S/C24H35NO3.C22H31NO3.C22H33NO2.C19H26BrNO.C19H27NO.C18H24BrNO/c1-6-12-24(7-2)23-18(11-13-28-24)20-15-17(9-10-21(26)27-8-3)14-19(16(4)5)22(20)25-23;1-5-10-22(6-2)21-16(9-11-26-22)18-13-15(7-8-19(24)25)12-17(14(3)4)20(18)23-21;1-5-10-22(6-2)21-17(9-12-25-22)19-14-16(8-7-11-24)13-18(15(3)4)20(19)23-21;1-5-8-19(6-2)18-14(7-9-22-19)16-11-13(20)10-15(12(3)4)17(16)21-18;1-5-12-19(7-3)18-16(11-13-21-19)15-10-8-9-14(6-2)17(15)20(18)4;1-4-10-18(6-3)17-14(9-11-21-18)13-7-8-15(19)12(5-2)16(13)20-17/h14-16,25H,6-13H2,1-5H3;12-14,23H,5-11H2,1-4H3,(H,24,25);13-15,23-24H,5-12H2,1-4H3;10-12,21H,5-9H2,1-4H3;8-10H,5-7,11-13H2,1-4H3;7-8,20H,4-6,9-11H2,1-3H3. The fourth-order valence-corrected chi connectivity index (χ4v) is 26.6. The molecule has 6 aromatic heterocycles. The summed E-state index contributed by atoms with van der Waals surface area (Å²) in [6, 6.07) is 29.4. The first-order valence-corrected chi connectivity index (χ1v) is 57.5. The van der Waals surface area contributed by atoms with Gasteiger partial charge in [-0.15, -0.1) is 0 Å². The van der Waals surface area contributed by atoms with E-state index < -0.39 is 5.97 Å². The normalized spacial score (nSPS) is 20.6. The maximum atomic E-state index is 11.8. The molecular weight excluding hydrogens is 1910 g/mol. The second-order valence-electron chi connectivity index (χ2n) is 42.8. The molecule has 0 fully saturated rings. The van der Waals surface area contributed by atoms with Gasteiger partial charge in [0.1, 0.15) is 33.6 Å². The van der Waals surface area contributed by atoms with Gasteiger partial charge in [0.15, 0.2) is 0 Å². The van der Waals surface area contributed by atoms with Gasteiger partial charge in [-0.25, -0.2) is 0 Å². The highest BCUT2D eigenvalue weighted by molar-refractivity contribution is 9.10. The van der Waals surface area contributed by atoms with Crippen molar-refractivity contribution in [3.63, 3.8) is 0 Å². The van der Waals surface area contributed by atoms with Crippen LogP contribution < -0.4 is 0 Å². The van der Waals surface area contributed by atoms with Crippen LogP contribution in [0.15, 0.2) is 87.8 Å². The van der Waals surface area contributed by atoms with Crippen molar-refractivity contribution < 1.29 is 53.0 Å². The van der Waals surface area contributed by atoms with Crippen LogP contribution in [0.25, 0.3) is 65.4 Å². The van der Waals surface area contributed by atoms with Crippen LogP contribution in [0.1, 0.15) is 435 Å². The lowest BCUT2D eigenvalue weighted by atomic mass is 9.85. The molecule has 0 bridgehead atoms. The Labute approximate surface area is 872 Å². The fraction of sp³-hybridized carbons (Fsp3) is 0.597. The number of aryl methyl sites for hydroxylation is 6. The van der Waals surface area contributed by atoms with E-state index in [1.807, 2.05) is 6.92 Å². The summed E-state index contributed by atoms with van der Waals surface area (Å²) < 4.78 is 47.8. The summed E-state index contributed by atoms with van der Waals surface area (Å²) in [6.07, 6.45) is 31.0. The van der Waals surface area contributed by atoms with Gasteiger partial charge < -0.3 is 72.9 Å². The van der Waals surface area contributed by atoms with E-state index >= 15 is 0 Å². The van der Waals surface area contributed by atoms with Crippen molar-refractivity contribution in [3.8, 4) is 0 Å². The van der Waals surface area contributed by atoms with Crippen LogP contribution in [0.3, 0.4) is 0 Å². The molecule has 0 spiro atoms. The highest BCUT2D eigenvalue weighted by Crippen LogP contribution is 2.52. The molecule has 12 aromatic rings. The summed E-state index contributed by atoms with van der Waals surface area (Å²) >= 11 is 7.39. The molecule has 6 atom stereocenters. The number of halogens is 2. The van der Waals surface area contributed by atoms with E-state index in [-0.39, 0.29) is 52.6 Å². The highest BCUT2D eigenvalue weighted by Gasteiger charge is 2.46. The van der Waals surface area contributed by atoms with Crippen LogP contribution in [0.2, 0.25) is 0 Å². The van der Waals surface area contributed by atoms with E-state index in [0.29, 0.717) is 43.1 Å². The van der Waals surface area contributed by atoms with Gasteiger partial charge in [0, 0.05) is 89.8 Å². The van der Waals surface area contributed by atoms with E-state index in [4.69, 9.17) is 38.3 Å². The molecule has 782 valence electrons. The average Bonchev–Trinajstić information content (AvgIpc) is 1.56. The number of esters is 1. The molecule has 6 aliphatic heterocycles. The minimum atomic E-state index is -0.742. The summed E-state index contributed by atoms with van der Waals surface area (Å²) in [4.78, 5) is 41.7. The number of rotatable bonds is 34. The largest absolute Gasteiger partial charge is 0.481 e. The third kappa shape index (κ3) is 22.9. The second kappa shape index (κ2) is 49.5. The maximum absolute atomic E-state index is 11.8. The zero-order chi connectivity index (χ0) is 103. The number of H-pyrrole nitrogens is 5. The van der Waals surface area contributed by atoms with E-state index in [2.05, 4.69) is 300 Å². The first-order chi connectivity index (χ1) is 68.8. The number of aliphatic hydroxyl groups excluding tert-OH is 1. The topological polar surface area (TPSA) is 223 Å². The lowest BCUT2D eigenvalue weighted by Crippen LogP contribution is -2.36. The van der Waals surface area contributed by atoms with Crippen molar-refractivity contribution in [3.05, 3.63) is 205 Å². The number of nitrogens with one attached hydrogen (secondary N) is 5. The number of carboxylic acid groups (broad SMARTS) is 1. The van der Waals surface area contributed by atoms with Crippen molar-refractivity contribution in [2.45, 2.75) is 422 Å². The zero-order valence-corrected chi connectivity index (χ0v) is 95.0. The fourth-order valence-electron chi connectivity index (χ4n) is 25.5. The molecule has 6 aliphatic rings. The Morgan fingerprint density at radius 1 is 0.392 bits per heavy atom. The van der Waals surface area contributed by atoms with Gasteiger partial charge in [0.2, 0.25) is 0 Å². The number of carbonyl (C=O) groups excluding carboxylic acids is 1. The molecule has 0 amide bonds. The summed E-state index contributed by atoms with van der Waals surface area (Å²) in [7, 11) is 2.23. The summed E-state index contributed by atoms with van der Waals surface area (Å²) in [5, 5.41) is 26.4. The minimum absolute atomic E-state index is 0.0822. The molecule has 12 heterocycles. The van der Waals surface area contributed by atoms with E-state index in [0.717, 1.165) is 231 Å². The van der Waals surface area contributed by atoms with E-state index in [1.54, 1.807) is 0 Å². The minimum Gasteiger partial charge on any atom is -0.481 e. The van der Waals surface area contributed by atoms with Crippen LogP contribution in [0.4, 0.5) is 0 Å². The Hall–Kier alpha value is -7.82. The van der Waals surface area contributed by atoms with Gasteiger partial charge in [-0.3, -0.25) is 9.59 Å². The maximum Gasteiger partial charge on any atom is 0.306 e. The van der Waals surface area contributed by atoms with Crippen molar-refractivity contribution in [1.29, 1.82) is 0 Å². The van der Waals surface area contributed by atoms with Gasteiger partial charge in [-0.1, -0.05) is 265 Å². The predicted octanol–water partition coefficient (Wildman–Crippen LogP) is 32.5. The van der Waals surface area contributed by atoms with Crippen molar-refractivity contribution >= 4 is 109 Å². The predicted molar refractivity (Wildman–Crippen MR) is 600 cm³/mol. The number of aromatic nitrogens is 6. The number of fused-ring (bicyclic) bond motifs is 18. The van der Waals surface area contributed by atoms with E-state index in [1.165, 1.54) is 186 Å². The van der Waals surface area contributed by atoms with Gasteiger partial charge in [0.05, 0.1) is 91.4 Å². The molecule has 143 heavy (non-hydrogen) atoms. The molecule has 18 rings (SSSR count). The monoisotopic (exact) mass is 2080 g/mol. The number of hydrogen-bond donors (Lipinski definition) is 7. The Morgan fingerprint density at radius 3 is 1.07 bits per heavy atom. The van der Waals surface area contributed by atoms with Gasteiger partial charge in [-0.2, -0.15) is 0 Å². The number of para-hydroxylation sites is 1. The number of aliphatic hydroxyl groups is 1. The lowest BCUT2D eigenvalue weighted by Gasteiger charge is -2.38. The molecule has 0 radical (unpaired) electrons. The number of benzene rings is 6. The molecule has 19 heteroatoms. The zero-order valence-electron chi connectivity index (χ0n) is 91.9. The Bertz CT molecular complexity index is 6330. The Morgan fingerprint density at radius 2 is 0.727 bits per heavy atom. The lowest BCUT2D eigenvalue weighted by molar-refractivity contribution is -0.143. The molecule has 0 saturated carbocycles. The molecule has 17 nitrogen and oxygen atoms in total. The number of aromatic amines is 5. The summed E-state index contributed by atoms with van der Waals surface area (Å²) in [6.45, 7) is 56.7. The van der Waals surface area contributed by atoms with Crippen LogP contribution in [-0.2, 0) is 154 Å². The van der Waals surface area contributed by atoms with Crippen LogP contribution >= 0.6 is 31.9 Å². The summed E-state index contributed by atoms with van der Waals surface area (Å²) in [5.41, 5.74) is 35.5. The van der Waals surface area contributed by atoms with Crippen molar-refractivity contribution in [2.75, 3.05) is 52.9 Å². The smallest absolute Gasteiger partial charge is 0.306 e. The summed E-state index contributed by atoms with van der Waals surface area (Å²) in [5.74, 6) is 0.904. The molecule has 7 N–H and O–H groups in total. The third-order valence-electron chi connectivity index (χ3n) is 32.7. The first kappa shape index (κ1) is 112. The Kier molecular flexibility index (Phi) is 38.9. The first-order valence-electron chi connectivity index (χ1n) is 55.9. The molecule has 6 aromatic carbocycles. The molecule has 6 unspecified atom stereocenters. The SMILES string of the molecule is CCCC1(CC)OCCc2c1[nH]c1c(C(C)C)cc(Br)cc21.CCCC1(CC)OCCc2c1[nH]c1c(C(C)C)cc(CCC(=O)O)cc21.CCCC1(CC)OCCc2c1[nH]c1c(C(C)C)cc(CCC(=O)OCC)cc21.CCCC1(CC)OCCc2c1[nH]c1c(C(C)C)cc(CCCO)cc21.CCCC1(CC)OCCc2c1[nH]c1c(CC)c(Br)ccc21.CCCC1(CC)OCCc2c1n(C)c1c(CC)cccc21. The van der Waals surface area contributed by atoms with Crippen LogP contribution in [0.5, 0.6) is 0 Å². The number of nitrogens with zero attached hydrogens (tertiary/aromatic N) is 1. The van der Waals surface area contributed by atoms with E-state index in [9.17, 15) is 14.7 Å². The molecule has 0 saturated heterocycles. The number of carboxylic acids is 1. The van der Waals surface area contributed by atoms with Gasteiger partial charge in [-0.05, 0) is 305 Å². The molecule has 0 aliphatic carbocycles. The van der Waals surface area contributed by atoms with Crippen molar-refractivity contribution in [1.82, 2.24) is 29.5 Å². The second-order valence-corrected chi connectivity index (χ2v) is 44.6. The highest BCUT2D eigenvalue weighted by atomic mass is 79.9. The van der Waals surface area contributed by atoms with Gasteiger partial charge in [0.25, 0.3) is 0 Å². The van der Waals surface area contributed by atoms with Crippen LogP contribution in [0, 0.1) is 0 Å². The van der Waals surface area contributed by atoms with Crippen LogP contribution in [-0.4, -0.2) is 104 Å². The number of aliphatic carboxylic acids is 1. The average molecular weight is 2090 g/mol.